The van der Waals surface area contributed by atoms with Gasteiger partial charge in [0, 0.05) is 13.1 Å². The van der Waals surface area contributed by atoms with Crippen molar-refractivity contribution in [2.75, 3.05) is 33.3 Å². The van der Waals surface area contributed by atoms with Crippen LogP contribution in [-0.2, 0) is 9.59 Å². The fraction of sp³-hybridized carbons (Fsp3) is 0.556. The molecule has 0 saturated carbocycles. The van der Waals surface area contributed by atoms with Crippen LogP contribution in [0.25, 0.3) is 0 Å². The van der Waals surface area contributed by atoms with E-state index in [-0.39, 0.29) is 25.0 Å². The molecule has 24 heavy (non-hydrogen) atoms. The lowest BCUT2D eigenvalue weighted by atomic mass is 10.1. The van der Waals surface area contributed by atoms with Crippen LogP contribution >= 0.6 is 0 Å². The quantitative estimate of drug-likeness (QED) is 0.746. The number of amides is 1. The van der Waals surface area contributed by atoms with Crippen LogP contribution in [0.2, 0.25) is 0 Å². The average molecular weight is 336 g/mol. The number of aryl methyl sites for hydroxylation is 2. The third kappa shape index (κ3) is 7.00. The number of hydrogen-bond donors (Lipinski definition) is 1. The van der Waals surface area contributed by atoms with Gasteiger partial charge in [-0.25, -0.2) is 0 Å². The summed E-state index contributed by atoms with van der Waals surface area (Å²) in [6.07, 6.45) is 0. The van der Waals surface area contributed by atoms with Crippen molar-refractivity contribution in [3.8, 4) is 5.75 Å². The van der Waals surface area contributed by atoms with Crippen molar-refractivity contribution in [2.45, 2.75) is 33.7 Å². The van der Waals surface area contributed by atoms with Gasteiger partial charge in [0.25, 0.3) is 0 Å². The summed E-state index contributed by atoms with van der Waals surface area (Å²) in [7, 11) is 1.70. The molecule has 0 aliphatic heterocycles. The minimum Gasteiger partial charge on any atom is -0.492 e. The number of carbonyl (C=O) groups excluding carboxylic acids is 1. The van der Waals surface area contributed by atoms with E-state index in [9.17, 15) is 9.59 Å². The van der Waals surface area contributed by atoms with Crippen molar-refractivity contribution in [1.82, 2.24) is 9.80 Å². The monoisotopic (exact) mass is 336 g/mol. The first-order chi connectivity index (χ1) is 11.2. The van der Waals surface area contributed by atoms with Crippen LogP contribution in [0, 0.1) is 13.8 Å². The van der Waals surface area contributed by atoms with Gasteiger partial charge in [0.1, 0.15) is 12.4 Å². The second-order valence-electron chi connectivity index (χ2n) is 6.38. The molecule has 0 bridgehead atoms. The summed E-state index contributed by atoms with van der Waals surface area (Å²) < 4.78 is 5.70. The Kier molecular flexibility index (Phi) is 7.71. The summed E-state index contributed by atoms with van der Waals surface area (Å²) in [5.41, 5.74) is 2.27. The number of carboxylic acids is 1. The predicted octanol–water partition coefficient (Wildman–Crippen LogP) is 1.94. The van der Waals surface area contributed by atoms with E-state index in [0.29, 0.717) is 13.2 Å². The predicted molar refractivity (Wildman–Crippen MR) is 93.4 cm³/mol. The number of likely N-dealkylation sites (N-methyl/N-ethyl adjacent to an activating group) is 1. The topological polar surface area (TPSA) is 70.1 Å². The van der Waals surface area contributed by atoms with Gasteiger partial charge in [0.15, 0.2) is 0 Å². The summed E-state index contributed by atoms with van der Waals surface area (Å²) in [5.74, 6) is -0.255. The van der Waals surface area contributed by atoms with Crippen LogP contribution < -0.4 is 4.74 Å². The highest BCUT2D eigenvalue weighted by Crippen LogP contribution is 2.16. The van der Waals surface area contributed by atoms with Gasteiger partial charge in [-0.05, 0) is 51.0 Å². The number of carbonyl (C=O) groups is 2. The lowest BCUT2D eigenvalue weighted by molar-refractivity contribution is -0.140. The second-order valence-corrected chi connectivity index (χ2v) is 6.38. The van der Waals surface area contributed by atoms with Crippen molar-refractivity contribution >= 4 is 11.9 Å². The highest BCUT2D eigenvalue weighted by atomic mass is 16.5. The molecule has 1 aromatic carbocycles. The summed E-state index contributed by atoms with van der Waals surface area (Å²) in [4.78, 5) is 26.3. The van der Waals surface area contributed by atoms with E-state index in [0.717, 1.165) is 16.9 Å². The summed E-state index contributed by atoms with van der Waals surface area (Å²) in [6, 6.07) is 5.99. The maximum Gasteiger partial charge on any atom is 0.317 e. The molecule has 0 aliphatic rings. The number of ether oxygens (including phenoxy) is 1. The van der Waals surface area contributed by atoms with Gasteiger partial charge in [-0.2, -0.15) is 0 Å². The summed E-state index contributed by atoms with van der Waals surface area (Å²) >= 11 is 0. The Morgan fingerprint density at radius 2 is 1.71 bits per heavy atom. The molecule has 134 valence electrons. The van der Waals surface area contributed by atoms with Crippen LogP contribution in [0.1, 0.15) is 25.0 Å². The average Bonchev–Trinajstić information content (AvgIpc) is 2.44. The Labute approximate surface area is 144 Å². The standard InChI is InChI=1S/C18H28N2O4/c1-13(2)20(12-18(22)23)11-17(21)19(5)6-7-24-16-9-14(3)8-15(4)10-16/h8-10,13H,6-7,11-12H2,1-5H3,(H,22,23). The Morgan fingerprint density at radius 3 is 2.21 bits per heavy atom. The van der Waals surface area contributed by atoms with E-state index >= 15 is 0 Å². The number of rotatable bonds is 9. The Balaban J connectivity index is 2.47. The summed E-state index contributed by atoms with van der Waals surface area (Å²) in [6.45, 7) is 8.56. The first kappa shape index (κ1) is 20.0. The van der Waals surface area contributed by atoms with Gasteiger partial charge < -0.3 is 14.7 Å². The molecule has 6 nitrogen and oxygen atoms in total. The second kappa shape index (κ2) is 9.27. The zero-order valence-electron chi connectivity index (χ0n) is 15.2. The number of nitrogens with zero attached hydrogens (tertiary/aromatic N) is 2. The van der Waals surface area contributed by atoms with Gasteiger partial charge in [-0.1, -0.05) is 6.07 Å². The minimum atomic E-state index is -0.933. The van der Waals surface area contributed by atoms with Gasteiger partial charge >= 0.3 is 5.97 Å². The van der Waals surface area contributed by atoms with Crippen LogP contribution in [0.5, 0.6) is 5.75 Å². The number of aliphatic carboxylic acids is 1. The van der Waals surface area contributed by atoms with Crippen molar-refractivity contribution in [3.05, 3.63) is 29.3 Å². The largest absolute Gasteiger partial charge is 0.492 e. The summed E-state index contributed by atoms with van der Waals surface area (Å²) in [5, 5.41) is 8.91. The number of benzene rings is 1. The van der Waals surface area contributed by atoms with Crippen LogP contribution in [0.3, 0.4) is 0 Å². The maximum atomic E-state index is 12.2. The highest BCUT2D eigenvalue weighted by molar-refractivity contribution is 5.79. The van der Waals surface area contributed by atoms with Crippen LogP contribution in [0.15, 0.2) is 18.2 Å². The fourth-order valence-corrected chi connectivity index (χ4v) is 2.33. The lowest BCUT2D eigenvalue weighted by Crippen LogP contribution is -2.44. The molecule has 1 aromatic rings. The van der Waals surface area contributed by atoms with Crippen LogP contribution in [-0.4, -0.2) is 66.1 Å². The van der Waals surface area contributed by atoms with E-state index in [1.54, 1.807) is 16.8 Å². The van der Waals surface area contributed by atoms with E-state index in [4.69, 9.17) is 9.84 Å². The van der Waals surface area contributed by atoms with Gasteiger partial charge in [-0.15, -0.1) is 0 Å². The molecule has 0 aromatic heterocycles. The molecule has 0 aliphatic carbocycles. The number of carboxylic acid groups (broad SMARTS) is 1. The van der Waals surface area contributed by atoms with Crippen molar-refractivity contribution in [2.24, 2.45) is 0 Å². The van der Waals surface area contributed by atoms with E-state index < -0.39 is 5.97 Å². The zero-order chi connectivity index (χ0) is 18.3. The maximum absolute atomic E-state index is 12.2. The molecular weight excluding hydrogens is 308 g/mol. The normalized spacial score (nSPS) is 11.0. The van der Waals surface area contributed by atoms with Gasteiger partial charge in [-0.3, -0.25) is 14.5 Å². The Morgan fingerprint density at radius 1 is 1.12 bits per heavy atom. The molecular formula is C18H28N2O4. The van der Waals surface area contributed by atoms with E-state index in [2.05, 4.69) is 6.07 Å². The van der Waals surface area contributed by atoms with Crippen LogP contribution in [0.4, 0.5) is 0 Å². The SMILES string of the molecule is Cc1cc(C)cc(OCCN(C)C(=O)CN(CC(=O)O)C(C)C)c1. The molecule has 0 radical (unpaired) electrons. The molecule has 0 spiro atoms. The molecule has 0 atom stereocenters. The highest BCUT2D eigenvalue weighted by Gasteiger charge is 2.19. The molecule has 6 heteroatoms. The van der Waals surface area contributed by atoms with Gasteiger partial charge in [0.05, 0.1) is 19.6 Å². The lowest BCUT2D eigenvalue weighted by Gasteiger charge is -2.26. The van der Waals surface area contributed by atoms with Crippen molar-refractivity contribution < 1.29 is 19.4 Å². The first-order valence-electron chi connectivity index (χ1n) is 8.10. The van der Waals surface area contributed by atoms with E-state index in [1.807, 2.05) is 39.8 Å². The molecule has 0 saturated heterocycles. The molecule has 1 N–H and O–H groups in total. The van der Waals surface area contributed by atoms with Crippen molar-refractivity contribution in [1.29, 1.82) is 0 Å². The minimum absolute atomic E-state index is 0.00929. The Hall–Kier alpha value is -2.08. The molecule has 0 heterocycles. The van der Waals surface area contributed by atoms with Gasteiger partial charge in [0.2, 0.25) is 5.91 Å². The van der Waals surface area contributed by atoms with Crippen molar-refractivity contribution in [3.63, 3.8) is 0 Å². The smallest absolute Gasteiger partial charge is 0.317 e. The zero-order valence-corrected chi connectivity index (χ0v) is 15.2. The fourth-order valence-electron chi connectivity index (χ4n) is 2.33. The third-order valence-electron chi connectivity index (χ3n) is 3.72. The molecule has 1 amide bonds. The third-order valence-corrected chi connectivity index (χ3v) is 3.72. The molecule has 1 rings (SSSR count). The number of hydrogen-bond acceptors (Lipinski definition) is 4. The molecule has 0 unspecified atom stereocenters. The molecule has 0 fully saturated rings. The van der Waals surface area contributed by atoms with E-state index in [1.165, 1.54) is 0 Å². The first-order valence-corrected chi connectivity index (χ1v) is 8.10. The Bertz CT molecular complexity index is 552.